The first-order valence-electron chi connectivity index (χ1n) is 9.98. The van der Waals surface area contributed by atoms with Crippen molar-refractivity contribution in [1.29, 1.82) is 5.26 Å². The molecule has 2 aromatic heterocycles. The average molecular weight is 435 g/mol. The number of carbonyl (C=O) groups excluding carboxylic acids is 1. The molecule has 8 nitrogen and oxygen atoms in total. The molecular weight excluding hydrogens is 412 g/mol. The molecule has 0 radical (unpaired) electrons. The highest BCUT2D eigenvalue weighted by molar-refractivity contribution is 7.98. The fourth-order valence-electron chi connectivity index (χ4n) is 3.72. The molecule has 1 aromatic carbocycles. The van der Waals surface area contributed by atoms with Crippen LogP contribution in [0.25, 0.3) is 5.69 Å². The van der Waals surface area contributed by atoms with E-state index in [1.54, 1.807) is 30.7 Å². The van der Waals surface area contributed by atoms with Crippen molar-refractivity contribution in [1.82, 2.24) is 24.9 Å². The van der Waals surface area contributed by atoms with Gasteiger partial charge in [0, 0.05) is 17.1 Å². The van der Waals surface area contributed by atoms with Crippen LogP contribution in [0.1, 0.15) is 35.7 Å². The second kappa shape index (κ2) is 9.18. The van der Waals surface area contributed by atoms with Crippen LogP contribution >= 0.6 is 11.8 Å². The molecule has 2 unspecified atom stereocenters. The Balaban J connectivity index is 1.57. The maximum Gasteiger partial charge on any atom is 0.256 e. The quantitative estimate of drug-likeness (QED) is 0.568. The summed E-state index contributed by atoms with van der Waals surface area (Å²) in [6.45, 7) is 2.45. The summed E-state index contributed by atoms with van der Waals surface area (Å²) in [5.41, 5.74) is 1.60. The number of hydrogen-bond donors (Lipinski definition) is 0. The van der Waals surface area contributed by atoms with E-state index in [1.165, 1.54) is 16.6 Å². The zero-order chi connectivity index (χ0) is 21.8. The van der Waals surface area contributed by atoms with Crippen molar-refractivity contribution in [3.05, 3.63) is 60.0 Å². The molecule has 158 valence electrons. The Morgan fingerprint density at radius 1 is 1.19 bits per heavy atom. The van der Waals surface area contributed by atoms with Crippen molar-refractivity contribution in [3.8, 4) is 17.6 Å². The highest BCUT2D eigenvalue weighted by Crippen LogP contribution is 2.29. The molecule has 0 spiro atoms. The lowest BCUT2D eigenvalue weighted by molar-refractivity contribution is 0.0371. The van der Waals surface area contributed by atoms with Gasteiger partial charge in [0.25, 0.3) is 5.91 Å². The second-order valence-corrected chi connectivity index (χ2v) is 8.11. The number of pyridine rings is 1. The van der Waals surface area contributed by atoms with Gasteiger partial charge in [0.2, 0.25) is 5.88 Å². The standard InChI is InChI=1S/C22H22N6O2S/c1-15-7-8-16(30-21-18(13-23)20(31-2)9-10-24-21)14-27(15)22(29)17-5-3-4-6-19(17)28-25-11-12-26-28/h3-6,9-12,15-16H,7-8,14H2,1-2H3. The van der Waals surface area contributed by atoms with Gasteiger partial charge >= 0.3 is 0 Å². The number of rotatable bonds is 5. The first kappa shape index (κ1) is 20.9. The topological polar surface area (TPSA) is 96.9 Å². The number of amides is 1. The predicted octanol–water partition coefficient (Wildman–Crippen LogP) is 3.33. The maximum absolute atomic E-state index is 13.5. The summed E-state index contributed by atoms with van der Waals surface area (Å²) < 4.78 is 6.12. The summed E-state index contributed by atoms with van der Waals surface area (Å²) in [6, 6.07) is 11.4. The van der Waals surface area contributed by atoms with Crippen LogP contribution in [0.3, 0.4) is 0 Å². The third-order valence-electron chi connectivity index (χ3n) is 5.36. The molecule has 2 atom stereocenters. The fourth-order valence-corrected chi connectivity index (χ4v) is 4.26. The minimum absolute atomic E-state index is 0.0620. The largest absolute Gasteiger partial charge is 0.471 e. The molecule has 1 saturated heterocycles. The third kappa shape index (κ3) is 4.25. The SMILES string of the molecule is CSc1ccnc(OC2CCC(C)N(C(=O)c3ccccc3-n3nccn3)C2)c1C#N. The number of hydrogen-bond acceptors (Lipinski definition) is 7. The van der Waals surface area contributed by atoms with Gasteiger partial charge in [-0.05, 0) is 44.2 Å². The van der Waals surface area contributed by atoms with Gasteiger partial charge in [-0.15, -0.1) is 11.8 Å². The number of para-hydroxylation sites is 1. The number of likely N-dealkylation sites (tertiary alicyclic amines) is 1. The summed E-state index contributed by atoms with van der Waals surface area (Å²) in [4.78, 5) is 21.8. The van der Waals surface area contributed by atoms with Crippen molar-refractivity contribution in [2.45, 2.75) is 36.8 Å². The average Bonchev–Trinajstić information content (AvgIpc) is 3.34. The summed E-state index contributed by atoms with van der Waals surface area (Å²) in [7, 11) is 0. The van der Waals surface area contributed by atoms with Crippen LogP contribution in [-0.4, -0.2) is 55.7 Å². The van der Waals surface area contributed by atoms with E-state index in [9.17, 15) is 10.1 Å². The minimum atomic E-state index is -0.244. The molecular formula is C22H22N6O2S. The highest BCUT2D eigenvalue weighted by atomic mass is 32.2. The van der Waals surface area contributed by atoms with E-state index in [-0.39, 0.29) is 18.1 Å². The molecule has 0 saturated carbocycles. The highest BCUT2D eigenvalue weighted by Gasteiger charge is 2.32. The molecule has 31 heavy (non-hydrogen) atoms. The number of benzene rings is 1. The molecule has 1 aliphatic rings. The zero-order valence-electron chi connectivity index (χ0n) is 17.3. The van der Waals surface area contributed by atoms with Crippen molar-refractivity contribution < 1.29 is 9.53 Å². The Bertz CT molecular complexity index is 1110. The van der Waals surface area contributed by atoms with Gasteiger partial charge in [0.1, 0.15) is 17.7 Å². The van der Waals surface area contributed by atoms with Crippen LogP contribution in [0.15, 0.2) is 53.8 Å². The van der Waals surface area contributed by atoms with E-state index in [0.29, 0.717) is 29.2 Å². The van der Waals surface area contributed by atoms with Crippen LogP contribution in [0.2, 0.25) is 0 Å². The first-order chi connectivity index (χ1) is 15.1. The molecule has 1 fully saturated rings. The third-order valence-corrected chi connectivity index (χ3v) is 6.14. The number of ether oxygens (including phenoxy) is 1. The Labute approximate surface area is 184 Å². The molecule has 0 N–H and O–H groups in total. The predicted molar refractivity (Wildman–Crippen MR) is 116 cm³/mol. The van der Waals surface area contributed by atoms with Gasteiger partial charge in [0.15, 0.2) is 0 Å². The van der Waals surface area contributed by atoms with Gasteiger partial charge in [-0.25, -0.2) is 4.98 Å². The lowest BCUT2D eigenvalue weighted by Gasteiger charge is -2.38. The van der Waals surface area contributed by atoms with E-state index < -0.39 is 0 Å². The Morgan fingerprint density at radius 2 is 1.97 bits per heavy atom. The van der Waals surface area contributed by atoms with Crippen molar-refractivity contribution in [2.75, 3.05) is 12.8 Å². The molecule has 3 aromatic rings. The Hall–Kier alpha value is -3.38. The van der Waals surface area contributed by atoms with Crippen LogP contribution in [0.4, 0.5) is 0 Å². The van der Waals surface area contributed by atoms with Gasteiger partial charge < -0.3 is 9.64 Å². The van der Waals surface area contributed by atoms with Gasteiger partial charge in [0.05, 0.1) is 30.2 Å². The summed E-state index contributed by atoms with van der Waals surface area (Å²) >= 11 is 1.48. The van der Waals surface area contributed by atoms with E-state index >= 15 is 0 Å². The number of nitrogens with zero attached hydrogens (tertiary/aromatic N) is 6. The number of nitriles is 1. The molecule has 3 heterocycles. The van der Waals surface area contributed by atoms with Gasteiger partial charge in [-0.1, -0.05) is 12.1 Å². The van der Waals surface area contributed by atoms with Crippen LogP contribution in [0, 0.1) is 11.3 Å². The van der Waals surface area contributed by atoms with E-state index in [1.807, 2.05) is 36.3 Å². The molecule has 9 heteroatoms. The lowest BCUT2D eigenvalue weighted by Crippen LogP contribution is -2.49. The Morgan fingerprint density at radius 3 is 2.71 bits per heavy atom. The van der Waals surface area contributed by atoms with Crippen molar-refractivity contribution >= 4 is 17.7 Å². The first-order valence-corrected chi connectivity index (χ1v) is 11.2. The number of thioether (sulfide) groups is 1. The molecule has 1 amide bonds. The normalized spacial score (nSPS) is 18.4. The van der Waals surface area contributed by atoms with E-state index in [0.717, 1.165) is 17.7 Å². The van der Waals surface area contributed by atoms with Crippen LogP contribution < -0.4 is 4.74 Å². The molecule has 0 aliphatic carbocycles. The van der Waals surface area contributed by atoms with E-state index in [2.05, 4.69) is 21.3 Å². The van der Waals surface area contributed by atoms with Gasteiger partial charge in [-0.3, -0.25) is 4.79 Å². The van der Waals surface area contributed by atoms with Crippen molar-refractivity contribution in [3.63, 3.8) is 0 Å². The Kier molecular flexibility index (Phi) is 6.18. The smallest absolute Gasteiger partial charge is 0.256 e. The fraction of sp³-hybridized carbons (Fsp3) is 0.318. The second-order valence-electron chi connectivity index (χ2n) is 7.26. The minimum Gasteiger partial charge on any atom is -0.471 e. The zero-order valence-corrected chi connectivity index (χ0v) is 18.1. The number of piperidine rings is 1. The van der Waals surface area contributed by atoms with Crippen molar-refractivity contribution in [2.24, 2.45) is 0 Å². The molecule has 4 rings (SSSR count). The summed E-state index contributed by atoms with van der Waals surface area (Å²) in [5, 5.41) is 17.9. The van der Waals surface area contributed by atoms with E-state index in [4.69, 9.17) is 4.74 Å². The summed E-state index contributed by atoms with van der Waals surface area (Å²) in [6.07, 6.45) is 8.05. The summed E-state index contributed by atoms with van der Waals surface area (Å²) in [5.74, 6) is 0.225. The monoisotopic (exact) mass is 434 g/mol. The van der Waals surface area contributed by atoms with Crippen LogP contribution in [0.5, 0.6) is 5.88 Å². The number of aromatic nitrogens is 4. The molecule has 1 aliphatic heterocycles. The number of carbonyl (C=O) groups is 1. The van der Waals surface area contributed by atoms with Crippen LogP contribution in [-0.2, 0) is 0 Å². The maximum atomic E-state index is 13.5. The molecule has 0 bridgehead atoms. The lowest BCUT2D eigenvalue weighted by atomic mass is 9.99. The van der Waals surface area contributed by atoms with Gasteiger partial charge in [-0.2, -0.15) is 20.3 Å².